The summed E-state index contributed by atoms with van der Waals surface area (Å²) in [5, 5.41) is 10.7. The van der Waals surface area contributed by atoms with Crippen molar-refractivity contribution in [2.75, 3.05) is 10.6 Å². The van der Waals surface area contributed by atoms with Gasteiger partial charge in [-0.25, -0.2) is 4.98 Å². The Hall–Kier alpha value is -3.91. The molecule has 1 aliphatic heterocycles. The second kappa shape index (κ2) is 8.32. The minimum Gasteiger partial charge on any atom is -0.378 e. The predicted octanol–water partition coefficient (Wildman–Crippen LogP) is 3.12. The van der Waals surface area contributed by atoms with Crippen LogP contribution in [0, 0.1) is 6.92 Å². The fourth-order valence-corrected chi connectivity index (χ4v) is 3.88. The summed E-state index contributed by atoms with van der Waals surface area (Å²) >= 11 is 0. The first-order valence-corrected chi connectivity index (χ1v) is 10.6. The van der Waals surface area contributed by atoms with E-state index in [1.54, 1.807) is 0 Å². The molecule has 3 heterocycles. The van der Waals surface area contributed by atoms with E-state index in [0.29, 0.717) is 25.3 Å². The van der Waals surface area contributed by atoms with E-state index in [2.05, 4.69) is 45.8 Å². The maximum Gasteiger partial charge on any atom is 0.275 e. The molecule has 0 unspecified atom stereocenters. The van der Waals surface area contributed by atoms with Crippen molar-refractivity contribution in [3.05, 3.63) is 94.8 Å². The van der Waals surface area contributed by atoms with Gasteiger partial charge in [-0.05, 0) is 47.9 Å². The van der Waals surface area contributed by atoms with Crippen LogP contribution in [0.15, 0.2) is 60.9 Å². The third-order valence-electron chi connectivity index (χ3n) is 5.75. The van der Waals surface area contributed by atoms with Gasteiger partial charge in [0.1, 0.15) is 11.5 Å². The lowest BCUT2D eigenvalue weighted by molar-refractivity contribution is 0.102. The molecule has 0 aliphatic carbocycles. The standard InChI is InChI=1S/C24H25N7O/c1-16-8-9-27-31(16)13-18-2-5-19-14-30-15-22(29-23(30)12-26-21(19)10-18)24(32)28-20-6-3-17(11-25)4-7-20/h2-10,15,26H,11-14,25H2,1H3,(H,28,32). The van der Waals surface area contributed by atoms with E-state index in [0.717, 1.165) is 40.6 Å². The number of anilines is 2. The number of carbonyl (C=O) groups is 1. The highest BCUT2D eigenvalue weighted by atomic mass is 16.1. The highest BCUT2D eigenvalue weighted by molar-refractivity contribution is 6.02. The highest BCUT2D eigenvalue weighted by Gasteiger charge is 2.19. The Kier molecular flexibility index (Phi) is 5.20. The number of nitrogens with two attached hydrogens (primary N) is 1. The Bertz CT molecular complexity index is 1270. The molecule has 0 spiro atoms. The second-order valence-corrected chi connectivity index (χ2v) is 8.00. The van der Waals surface area contributed by atoms with Crippen LogP contribution in [0.2, 0.25) is 0 Å². The fraction of sp³-hybridized carbons (Fsp3) is 0.208. The fourth-order valence-electron chi connectivity index (χ4n) is 3.88. The van der Waals surface area contributed by atoms with Crippen LogP contribution < -0.4 is 16.4 Å². The summed E-state index contributed by atoms with van der Waals surface area (Å²) in [5.41, 5.74) is 12.3. The Balaban J connectivity index is 1.31. The number of aromatic nitrogens is 4. The number of hydrogen-bond donors (Lipinski definition) is 3. The molecule has 0 radical (unpaired) electrons. The summed E-state index contributed by atoms with van der Waals surface area (Å²) < 4.78 is 4.01. The zero-order valence-electron chi connectivity index (χ0n) is 17.9. The van der Waals surface area contributed by atoms with Gasteiger partial charge in [0, 0.05) is 36.0 Å². The molecule has 0 bridgehead atoms. The highest BCUT2D eigenvalue weighted by Crippen LogP contribution is 2.25. The summed E-state index contributed by atoms with van der Waals surface area (Å²) in [5.74, 6) is 0.602. The molecule has 32 heavy (non-hydrogen) atoms. The molecule has 162 valence electrons. The molecular formula is C24H25N7O. The average Bonchev–Trinajstić information content (AvgIpc) is 3.35. The van der Waals surface area contributed by atoms with Gasteiger partial charge in [0.2, 0.25) is 0 Å². The monoisotopic (exact) mass is 427 g/mol. The van der Waals surface area contributed by atoms with Crippen molar-refractivity contribution >= 4 is 17.3 Å². The largest absolute Gasteiger partial charge is 0.378 e. The average molecular weight is 428 g/mol. The molecule has 2 aromatic carbocycles. The molecule has 8 heteroatoms. The number of aryl methyl sites for hydroxylation is 1. The third-order valence-corrected chi connectivity index (χ3v) is 5.75. The van der Waals surface area contributed by atoms with Gasteiger partial charge in [-0.2, -0.15) is 5.10 Å². The van der Waals surface area contributed by atoms with Crippen molar-refractivity contribution in [2.45, 2.75) is 33.1 Å². The quantitative estimate of drug-likeness (QED) is 0.454. The van der Waals surface area contributed by atoms with Crippen molar-refractivity contribution in [3.63, 3.8) is 0 Å². The minimum absolute atomic E-state index is 0.226. The molecule has 2 aromatic heterocycles. The summed E-state index contributed by atoms with van der Waals surface area (Å²) in [6.07, 6.45) is 3.63. The van der Waals surface area contributed by atoms with Crippen LogP contribution in [0.3, 0.4) is 0 Å². The molecule has 1 amide bonds. The lowest BCUT2D eigenvalue weighted by atomic mass is 10.1. The van der Waals surface area contributed by atoms with Gasteiger partial charge in [0.15, 0.2) is 0 Å². The number of carbonyl (C=O) groups excluding carboxylic acids is 1. The smallest absolute Gasteiger partial charge is 0.275 e. The van der Waals surface area contributed by atoms with Gasteiger partial charge in [0.05, 0.1) is 19.6 Å². The first-order chi connectivity index (χ1) is 15.6. The molecule has 1 aliphatic rings. The number of amides is 1. The van der Waals surface area contributed by atoms with Gasteiger partial charge in [-0.15, -0.1) is 0 Å². The van der Waals surface area contributed by atoms with Crippen LogP contribution in [0.5, 0.6) is 0 Å². The Morgan fingerprint density at radius 3 is 2.72 bits per heavy atom. The number of nitrogens with one attached hydrogen (secondary N) is 2. The van der Waals surface area contributed by atoms with Crippen molar-refractivity contribution < 1.29 is 4.79 Å². The number of hydrogen-bond acceptors (Lipinski definition) is 5. The van der Waals surface area contributed by atoms with Gasteiger partial charge < -0.3 is 20.9 Å². The zero-order valence-corrected chi connectivity index (χ0v) is 17.9. The van der Waals surface area contributed by atoms with Crippen LogP contribution >= 0.6 is 0 Å². The van der Waals surface area contributed by atoms with Crippen LogP contribution in [-0.4, -0.2) is 25.2 Å². The summed E-state index contributed by atoms with van der Waals surface area (Å²) in [6.45, 7) is 4.46. The first kappa shape index (κ1) is 20.0. The maximum atomic E-state index is 12.7. The van der Waals surface area contributed by atoms with E-state index >= 15 is 0 Å². The van der Waals surface area contributed by atoms with Crippen molar-refractivity contribution in [1.29, 1.82) is 0 Å². The molecule has 8 nitrogen and oxygen atoms in total. The van der Waals surface area contributed by atoms with Crippen molar-refractivity contribution in [2.24, 2.45) is 5.73 Å². The Morgan fingerprint density at radius 1 is 1.16 bits per heavy atom. The van der Waals surface area contributed by atoms with Crippen molar-refractivity contribution in [3.8, 4) is 0 Å². The van der Waals surface area contributed by atoms with Crippen LogP contribution in [0.1, 0.15) is 38.7 Å². The van der Waals surface area contributed by atoms with Crippen LogP contribution in [0.4, 0.5) is 11.4 Å². The SMILES string of the molecule is Cc1ccnn1Cc1ccc2c(c1)NCc1nc(C(=O)Nc3ccc(CN)cc3)cn1C2. The number of imidazole rings is 1. The van der Waals surface area contributed by atoms with E-state index in [-0.39, 0.29) is 5.91 Å². The molecule has 0 saturated heterocycles. The van der Waals surface area contributed by atoms with Gasteiger partial charge in [-0.1, -0.05) is 24.3 Å². The molecular weight excluding hydrogens is 402 g/mol. The molecule has 0 fully saturated rings. The summed E-state index contributed by atoms with van der Waals surface area (Å²) in [4.78, 5) is 17.3. The summed E-state index contributed by atoms with van der Waals surface area (Å²) in [7, 11) is 0. The lowest BCUT2D eigenvalue weighted by Gasteiger charge is -2.11. The lowest BCUT2D eigenvalue weighted by Crippen LogP contribution is -2.13. The molecule has 0 saturated carbocycles. The first-order valence-electron chi connectivity index (χ1n) is 10.6. The van der Waals surface area contributed by atoms with Crippen LogP contribution in [-0.2, 0) is 26.2 Å². The number of rotatable bonds is 5. The predicted molar refractivity (Wildman–Crippen MR) is 123 cm³/mol. The molecule has 4 aromatic rings. The number of nitrogens with zero attached hydrogens (tertiary/aromatic N) is 4. The Morgan fingerprint density at radius 2 is 1.97 bits per heavy atom. The van der Waals surface area contributed by atoms with E-state index < -0.39 is 0 Å². The molecule has 4 N–H and O–H groups in total. The molecule has 0 atom stereocenters. The maximum absolute atomic E-state index is 12.7. The Labute approximate surface area is 186 Å². The van der Waals surface area contributed by atoms with E-state index in [1.807, 2.05) is 52.0 Å². The number of benzene rings is 2. The number of fused-ring (bicyclic) bond motifs is 2. The van der Waals surface area contributed by atoms with E-state index in [9.17, 15) is 4.79 Å². The third kappa shape index (κ3) is 4.00. The van der Waals surface area contributed by atoms with Gasteiger partial charge >= 0.3 is 0 Å². The van der Waals surface area contributed by atoms with Gasteiger partial charge in [-0.3, -0.25) is 9.48 Å². The van der Waals surface area contributed by atoms with Crippen molar-refractivity contribution in [1.82, 2.24) is 19.3 Å². The normalized spacial score (nSPS) is 12.4. The van der Waals surface area contributed by atoms with E-state index in [4.69, 9.17) is 5.73 Å². The topological polar surface area (TPSA) is 103 Å². The second-order valence-electron chi connectivity index (χ2n) is 8.00. The van der Waals surface area contributed by atoms with Gasteiger partial charge in [0.25, 0.3) is 5.91 Å². The van der Waals surface area contributed by atoms with Crippen LogP contribution in [0.25, 0.3) is 0 Å². The molecule has 5 rings (SSSR count). The minimum atomic E-state index is -0.226. The van der Waals surface area contributed by atoms with E-state index in [1.165, 1.54) is 5.56 Å². The summed E-state index contributed by atoms with van der Waals surface area (Å²) in [6, 6.07) is 15.9. The zero-order chi connectivity index (χ0) is 22.1.